The first-order valence-corrected chi connectivity index (χ1v) is 9.65. The van der Waals surface area contributed by atoms with E-state index in [1.165, 1.54) is 32.7 Å². The molecule has 0 aliphatic rings. The molecule has 12 N–H and O–H groups in total. The van der Waals surface area contributed by atoms with E-state index in [0.29, 0.717) is 13.0 Å². The first-order valence-electron chi connectivity index (χ1n) is 9.65. The fraction of sp³-hybridized carbons (Fsp3) is 0.955. The van der Waals surface area contributed by atoms with Gasteiger partial charge in [0.1, 0.15) is 0 Å². The van der Waals surface area contributed by atoms with Crippen molar-refractivity contribution in [1.29, 1.82) is 0 Å². The number of aliphatic hydroxyl groups excluding tert-OH is 1. The van der Waals surface area contributed by atoms with E-state index in [4.69, 9.17) is 33.1 Å². The second-order valence-electron chi connectivity index (χ2n) is 5.26. The minimum atomic E-state index is -0.796. The summed E-state index contributed by atoms with van der Waals surface area (Å²) >= 11 is 0. The van der Waals surface area contributed by atoms with Crippen LogP contribution < -0.4 is 28.7 Å². The van der Waals surface area contributed by atoms with Crippen molar-refractivity contribution < 1.29 is 15.0 Å². The summed E-state index contributed by atoms with van der Waals surface area (Å²) in [6, 6.07) is 0. The summed E-state index contributed by atoms with van der Waals surface area (Å²) < 4.78 is 0. The Kier molecular flexibility index (Phi) is 120. The molecular formula is C22H65N5O3. The van der Waals surface area contributed by atoms with E-state index in [9.17, 15) is 4.79 Å². The smallest absolute Gasteiger partial charge is 0.307 e. The van der Waals surface area contributed by atoms with Crippen LogP contribution in [0.3, 0.4) is 0 Å². The summed E-state index contributed by atoms with van der Waals surface area (Å²) in [5.41, 5.74) is 24.9. The van der Waals surface area contributed by atoms with E-state index in [-0.39, 0.29) is 48.3 Å². The molecule has 8 heteroatoms. The number of hydrogen-bond acceptors (Lipinski definition) is 7. The molecule has 2 unspecified atom stereocenters. The van der Waals surface area contributed by atoms with E-state index in [0.717, 1.165) is 19.5 Å². The zero-order valence-corrected chi connectivity index (χ0v) is 17.9. The third-order valence-electron chi connectivity index (χ3n) is 2.99. The number of aliphatic hydroxyl groups is 1. The fourth-order valence-electron chi connectivity index (χ4n) is 1.02. The lowest BCUT2D eigenvalue weighted by molar-refractivity contribution is -0.141. The molecule has 0 spiro atoms. The number of nitrogens with two attached hydrogens (primary N) is 5. The molecule has 0 heterocycles. The van der Waals surface area contributed by atoms with Gasteiger partial charge < -0.3 is 38.9 Å². The Morgan fingerprint density at radius 1 is 0.733 bits per heavy atom. The average molecular weight is 448 g/mol. The van der Waals surface area contributed by atoms with Crippen molar-refractivity contribution in [3.63, 3.8) is 0 Å². The van der Waals surface area contributed by atoms with E-state index in [1.807, 2.05) is 13.8 Å². The maximum absolute atomic E-state index is 10.1. The van der Waals surface area contributed by atoms with E-state index < -0.39 is 5.97 Å². The third-order valence-corrected chi connectivity index (χ3v) is 2.99. The second-order valence-corrected chi connectivity index (χ2v) is 5.26. The molecule has 8 nitrogen and oxygen atoms in total. The first kappa shape index (κ1) is 56.9. The van der Waals surface area contributed by atoms with Gasteiger partial charge in [0.25, 0.3) is 0 Å². The number of carboxylic acids is 1. The summed E-state index contributed by atoms with van der Waals surface area (Å²) in [7, 11) is 1.50. The van der Waals surface area contributed by atoms with Gasteiger partial charge in [-0.2, -0.15) is 0 Å². The van der Waals surface area contributed by atoms with Crippen molar-refractivity contribution in [2.75, 3.05) is 33.2 Å². The summed E-state index contributed by atoms with van der Waals surface area (Å²) in [6.45, 7) is 10.3. The van der Waals surface area contributed by atoms with Crippen LogP contribution >= 0.6 is 0 Å². The number of unbranched alkanes of at least 4 members (excludes halogenated alkanes) is 2. The van der Waals surface area contributed by atoms with Crippen molar-refractivity contribution >= 4 is 5.97 Å². The van der Waals surface area contributed by atoms with Crippen molar-refractivity contribution in [3.8, 4) is 0 Å². The Morgan fingerprint density at radius 2 is 1.07 bits per heavy atom. The van der Waals surface area contributed by atoms with Gasteiger partial charge in [-0.15, -0.1) is 0 Å². The van der Waals surface area contributed by atoms with Crippen LogP contribution in [0.25, 0.3) is 0 Å². The lowest BCUT2D eigenvalue weighted by atomic mass is 10.1. The zero-order valence-electron chi connectivity index (χ0n) is 17.9. The molecule has 0 aliphatic heterocycles. The highest BCUT2D eigenvalue weighted by molar-refractivity contribution is 5.70. The summed E-state index contributed by atoms with van der Waals surface area (Å²) in [5, 5.41) is 16.8. The molecule has 196 valence electrons. The van der Waals surface area contributed by atoms with Crippen LogP contribution in [0.1, 0.15) is 95.9 Å². The first-order chi connectivity index (χ1) is 12.4. The maximum atomic E-state index is 10.1. The maximum Gasteiger partial charge on any atom is 0.307 e. The lowest BCUT2D eigenvalue weighted by Crippen LogP contribution is -2.21. The minimum Gasteiger partial charge on any atom is -0.481 e. The number of carbonyl (C=O) groups is 1. The summed E-state index contributed by atoms with van der Waals surface area (Å²) in [5.74, 6) is -1.15. The molecule has 0 bridgehead atoms. The molecule has 0 aliphatic carbocycles. The molecule has 0 saturated heterocycles. The normalized spacial score (nSPS) is 9.43. The zero-order chi connectivity index (χ0) is 21.8. The second kappa shape index (κ2) is 63.0. The fourth-order valence-corrected chi connectivity index (χ4v) is 1.02. The molecule has 2 atom stereocenters. The highest BCUT2D eigenvalue weighted by atomic mass is 16.4. The summed E-state index contributed by atoms with van der Waals surface area (Å²) in [6.07, 6.45) is 5.86. The van der Waals surface area contributed by atoms with Gasteiger partial charge in [0, 0.05) is 13.1 Å². The van der Waals surface area contributed by atoms with Crippen LogP contribution in [0.15, 0.2) is 0 Å². The van der Waals surface area contributed by atoms with Crippen LogP contribution in [-0.4, -0.2) is 55.5 Å². The number of aliphatic carboxylic acids is 1. The molecule has 30 heavy (non-hydrogen) atoms. The highest BCUT2D eigenvalue weighted by Crippen LogP contribution is 1.97. The van der Waals surface area contributed by atoms with Gasteiger partial charge in [0.05, 0.1) is 12.0 Å². The van der Waals surface area contributed by atoms with Crippen LogP contribution in [-0.2, 0) is 4.79 Å². The predicted molar refractivity (Wildman–Crippen MR) is 141 cm³/mol. The Labute approximate surface area is 191 Å². The van der Waals surface area contributed by atoms with E-state index in [1.54, 1.807) is 0 Å². The third kappa shape index (κ3) is 80.8. The van der Waals surface area contributed by atoms with Crippen molar-refractivity contribution in [1.82, 2.24) is 0 Å². The monoisotopic (exact) mass is 448 g/mol. The Morgan fingerprint density at radius 3 is 1.07 bits per heavy atom. The Balaban J connectivity index is -0.0000000265. The molecule has 0 aromatic heterocycles. The summed E-state index contributed by atoms with van der Waals surface area (Å²) in [4.78, 5) is 10.1. The van der Waals surface area contributed by atoms with Crippen molar-refractivity contribution in [2.45, 2.75) is 102 Å². The van der Waals surface area contributed by atoms with Gasteiger partial charge in [-0.25, -0.2) is 0 Å². The lowest BCUT2D eigenvalue weighted by Gasteiger charge is -2.02. The largest absolute Gasteiger partial charge is 0.481 e. The highest BCUT2D eigenvalue weighted by Gasteiger charge is 2.10. The molecular weight excluding hydrogens is 382 g/mol. The molecule has 0 aromatic carbocycles. The van der Waals surface area contributed by atoms with Gasteiger partial charge in [0.2, 0.25) is 0 Å². The predicted octanol–water partition coefficient (Wildman–Crippen LogP) is 3.38. The Bertz CT molecular complexity index is 207. The van der Waals surface area contributed by atoms with Crippen LogP contribution in [0.4, 0.5) is 0 Å². The molecule has 0 fully saturated rings. The topological polar surface area (TPSA) is 188 Å². The molecule has 0 rings (SSSR count). The molecule has 0 radical (unpaired) electrons. The van der Waals surface area contributed by atoms with E-state index in [2.05, 4.69) is 19.6 Å². The number of carboxylic acid groups (broad SMARTS) is 1. The number of rotatable bonds is 9. The van der Waals surface area contributed by atoms with Gasteiger partial charge in [-0.05, 0) is 45.8 Å². The van der Waals surface area contributed by atoms with E-state index >= 15 is 0 Å². The molecule has 0 saturated carbocycles. The van der Waals surface area contributed by atoms with Gasteiger partial charge in [0.15, 0.2) is 0 Å². The van der Waals surface area contributed by atoms with Crippen LogP contribution in [0.5, 0.6) is 0 Å². The van der Waals surface area contributed by atoms with Gasteiger partial charge >= 0.3 is 5.97 Å². The SMILES string of the molecule is C.C.C.C.CCC(CN)C(=O)O.CCC(O)CN.CCCCN.CCCCN.CN. The van der Waals surface area contributed by atoms with Gasteiger partial charge in [-0.3, -0.25) is 4.79 Å². The van der Waals surface area contributed by atoms with Crippen molar-refractivity contribution in [2.24, 2.45) is 34.6 Å². The average Bonchev–Trinajstić information content (AvgIpc) is 2.66. The van der Waals surface area contributed by atoms with Crippen LogP contribution in [0.2, 0.25) is 0 Å². The standard InChI is InChI=1S/C5H11NO2.C4H11NO.2C4H11N.CH5N.4CH4/c1-2-4(3-6)5(7)8;1-2-4(6)3-5;2*1-2-3-4-5;1-2;;;;/h4H,2-3,6H2,1H3,(H,7,8);4,6H,2-3,5H2,1H3;2*2-5H2,1H3;2H2,1H3;4*1H4. The van der Waals surface area contributed by atoms with Gasteiger partial charge in [-0.1, -0.05) is 70.2 Å². The number of hydrogen-bond donors (Lipinski definition) is 7. The Hall–Kier alpha value is -0.770. The van der Waals surface area contributed by atoms with Crippen molar-refractivity contribution in [3.05, 3.63) is 0 Å². The van der Waals surface area contributed by atoms with Crippen LogP contribution in [0, 0.1) is 5.92 Å². The quantitative estimate of drug-likeness (QED) is 0.280. The molecule has 0 aromatic rings. The molecule has 0 amide bonds. The minimum absolute atomic E-state index is 0.